The van der Waals surface area contributed by atoms with Gasteiger partial charge >= 0.3 is 0 Å². The van der Waals surface area contributed by atoms with Crippen molar-refractivity contribution in [2.24, 2.45) is 0 Å². The lowest BCUT2D eigenvalue weighted by Crippen LogP contribution is -2.14. The Morgan fingerprint density at radius 1 is 1.09 bits per heavy atom. The van der Waals surface area contributed by atoms with Crippen LogP contribution in [0.2, 0.25) is 5.02 Å². The number of hydrogen-bond acceptors (Lipinski definition) is 6. The van der Waals surface area contributed by atoms with E-state index in [9.17, 15) is 4.79 Å². The van der Waals surface area contributed by atoms with E-state index in [0.29, 0.717) is 28.7 Å². The first-order chi connectivity index (χ1) is 16.0. The SMILES string of the molecule is COc1ccc(/C=C2\Oc3c(ccc(OCc4cc(Cl)cc5c4OCOC5)c3C)C2=O)cc1. The lowest BCUT2D eigenvalue weighted by molar-refractivity contribution is -0.0175. The molecule has 2 aliphatic rings. The number of allylic oxidation sites excluding steroid dienone is 1. The predicted octanol–water partition coefficient (Wildman–Crippen LogP) is 5.72. The highest BCUT2D eigenvalue weighted by Gasteiger charge is 2.30. The lowest BCUT2D eigenvalue weighted by atomic mass is 10.1. The van der Waals surface area contributed by atoms with Crippen LogP contribution in [0.25, 0.3) is 6.08 Å². The Morgan fingerprint density at radius 2 is 1.91 bits per heavy atom. The van der Waals surface area contributed by atoms with Crippen molar-refractivity contribution < 1.29 is 28.5 Å². The topological polar surface area (TPSA) is 63.2 Å². The summed E-state index contributed by atoms with van der Waals surface area (Å²) < 4.78 is 28.2. The molecule has 0 saturated heterocycles. The van der Waals surface area contributed by atoms with Gasteiger partial charge in [0.2, 0.25) is 5.78 Å². The number of Topliss-reactive ketones (excluding diaryl/α,β-unsaturated/α-hetero) is 1. The smallest absolute Gasteiger partial charge is 0.231 e. The van der Waals surface area contributed by atoms with E-state index in [1.165, 1.54) is 0 Å². The standard InChI is InChI=1S/C26H21ClO6/c1-15-22(31-13-18-11-19(27)10-17-12-30-14-32-26(17)18)8-7-21-24(28)23(33-25(15)21)9-16-3-5-20(29-2)6-4-16/h3-11H,12-14H2,1-2H3/b23-9-. The van der Waals surface area contributed by atoms with Crippen LogP contribution >= 0.6 is 11.6 Å². The first-order valence-electron chi connectivity index (χ1n) is 10.4. The highest BCUT2D eigenvalue weighted by Crippen LogP contribution is 2.40. The molecule has 0 fully saturated rings. The summed E-state index contributed by atoms with van der Waals surface area (Å²) in [6.07, 6.45) is 1.72. The van der Waals surface area contributed by atoms with Gasteiger partial charge in [-0.05, 0) is 55.0 Å². The first kappa shape index (κ1) is 21.4. The fraction of sp³-hybridized carbons (Fsp3) is 0.192. The molecule has 2 aliphatic heterocycles. The quantitative estimate of drug-likeness (QED) is 0.450. The largest absolute Gasteiger partial charge is 0.497 e. The van der Waals surface area contributed by atoms with Gasteiger partial charge in [-0.1, -0.05) is 23.7 Å². The van der Waals surface area contributed by atoms with Gasteiger partial charge in [0.15, 0.2) is 12.6 Å². The van der Waals surface area contributed by atoms with Gasteiger partial charge in [-0.25, -0.2) is 0 Å². The van der Waals surface area contributed by atoms with Crippen LogP contribution in [-0.4, -0.2) is 19.7 Å². The third-order valence-electron chi connectivity index (χ3n) is 5.59. The molecule has 0 spiro atoms. The molecule has 3 aromatic carbocycles. The second-order valence-electron chi connectivity index (χ2n) is 7.73. The summed E-state index contributed by atoms with van der Waals surface area (Å²) in [6, 6.07) is 14.6. The van der Waals surface area contributed by atoms with E-state index in [2.05, 4.69) is 0 Å². The minimum Gasteiger partial charge on any atom is -0.497 e. The molecule has 0 unspecified atom stereocenters. The Labute approximate surface area is 196 Å². The van der Waals surface area contributed by atoms with E-state index in [1.54, 1.807) is 25.3 Å². The number of benzene rings is 3. The number of methoxy groups -OCH3 is 1. The van der Waals surface area contributed by atoms with Crippen molar-refractivity contribution in [1.29, 1.82) is 0 Å². The van der Waals surface area contributed by atoms with Gasteiger partial charge in [0.05, 0.1) is 19.3 Å². The summed E-state index contributed by atoms with van der Waals surface area (Å²) >= 11 is 6.25. The van der Waals surface area contributed by atoms with Gasteiger partial charge < -0.3 is 23.7 Å². The van der Waals surface area contributed by atoms with Crippen molar-refractivity contribution in [1.82, 2.24) is 0 Å². The summed E-state index contributed by atoms with van der Waals surface area (Å²) in [6.45, 7) is 2.76. The average Bonchev–Trinajstić information content (AvgIpc) is 3.15. The Bertz CT molecular complexity index is 1260. The zero-order valence-corrected chi connectivity index (χ0v) is 18.9. The molecule has 2 heterocycles. The van der Waals surface area contributed by atoms with Crippen molar-refractivity contribution in [3.8, 4) is 23.0 Å². The predicted molar refractivity (Wildman–Crippen MR) is 123 cm³/mol. The molecule has 7 heteroatoms. The zero-order valence-electron chi connectivity index (χ0n) is 18.1. The van der Waals surface area contributed by atoms with Crippen LogP contribution in [0, 0.1) is 6.92 Å². The monoisotopic (exact) mass is 464 g/mol. The maximum absolute atomic E-state index is 12.9. The summed E-state index contributed by atoms with van der Waals surface area (Å²) in [4.78, 5) is 12.9. The van der Waals surface area contributed by atoms with Gasteiger partial charge in [-0.15, -0.1) is 0 Å². The molecule has 5 rings (SSSR count). The van der Waals surface area contributed by atoms with E-state index in [0.717, 1.165) is 33.8 Å². The van der Waals surface area contributed by atoms with Gasteiger partial charge in [-0.3, -0.25) is 4.79 Å². The molecule has 0 aliphatic carbocycles. The molecule has 6 nitrogen and oxygen atoms in total. The summed E-state index contributed by atoms with van der Waals surface area (Å²) in [5, 5.41) is 0.592. The maximum Gasteiger partial charge on any atom is 0.231 e. The molecule has 0 amide bonds. The third-order valence-corrected chi connectivity index (χ3v) is 5.80. The Hall–Kier alpha value is -3.48. The highest BCUT2D eigenvalue weighted by molar-refractivity contribution is 6.30. The van der Waals surface area contributed by atoms with Crippen molar-refractivity contribution in [2.45, 2.75) is 20.1 Å². The number of halogens is 1. The lowest BCUT2D eigenvalue weighted by Gasteiger charge is -2.21. The molecular formula is C26H21ClO6. The van der Waals surface area contributed by atoms with E-state index in [-0.39, 0.29) is 24.9 Å². The van der Waals surface area contributed by atoms with Crippen LogP contribution < -0.4 is 18.9 Å². The number of carbonyl (C=O) groups is 1. The Morgan fingerprint density at radius 3 is 2.70 bits per heavy atom. The summed E-state index contributed by atoms with van der Waals surface area (Å²) in [7, 11) is 1.61. The zero-order chi connectivity index (χ0) is 22.9. The minimum absolute atomic E-state index is 0.159. The van der Waals surface area contributed by atoms with Crippen LogP contribution in [-0.2, 0) is 18.0 Å². The maximum atomic E-state index is 12.9. The van der Waals surface area contributed by atoms with E-state index < -0.39 is 0 Å². The minimum atomic E-state index is -0.159. The fourth-order valence-corrected chi connectivity index (χ4v) is 4.16. The first-order valence-corrected chi connectivity index (χ1v) is 10.8. The number of ketones is 1. The van der Waals surface area contributed by atoms with Crippen LogP contribution in [0.4, 0.5) is 0 Å². The number of carbonyl (C=O) groups excluding carboxylic acids is 1. The van der Waals surface area contributed by atoms with Crippen molar-refractivity contribution >= 4 is 23.5 Å². The van der Waals surface area contributed by atoms with E-state index in [1.807, 2.05) is 43.3 Å². The highest BCUT2D eigenvalue weighted by atomic mass is 35.5. The normalized spacial score (nSPS) is 15.5. The van der Waals surface area contributed by atoms with Crippen LogP contribution in [0.3, 0.4) is 0 Å². The molecule has 3 aromatic rings. The molecule has 33 heavy (non-hydrogen) atoms. The van der Waals surface area contributed by atoms with Crippen LogP contribution in [0.1, 0.15) is 32.6 Å². The summed E-state index contributed by atoms with van der Waals surface area (Å²) in [5.74, 6) is 2.72. The second-order valence-corrected chi connectivity index (χ2v) is 8.17. The molecule has 0 bridgehead atoms. The fourth-order valence-electron chi connectivity index (χ4n) is 3.90. The molecule has 0 atom stereocenters. The molecule has 168 valence electrons. The van der Waals surface area contributed by atoms with Gasteiger partial charge in [-0.2, -0.15) is 0 Å². The number of hydrogen-bond donors (Lipinski definition) is 0. The van der Waals surface area contributed by atoms with Gasteiger partial charge in [0, 0.05) is 21.7 Å². The number of rotatable bonds is 5. The van der Waals surface area contributed by atoms with Crippen molar-refractivity contribution in [2.75, 3.05) is 13.9 Å². The molecule has 0 N–H and O–H groups in total. The Kier molecular flexibility index (Phi) is 5.70. The average molecular weight is 465 g/mol. The second kappa shape index (κ2) is 8.81. The van der Waals surface area contributed by atoms with Crippen LogP contribution in [0.15, 0.2) is 54.3 Å². The number of ether oxygens (including phenoxy) is 5. The van der Waals surface area contributed by atoms with E-state index >= 15 is 0 Å². The van der Waals surface area contributed by atoms with Crippen molar-refractivity contribution in [3.63, 3.8) is 0 Å². The third kappa shape index (κ3) is 4.15. The molecule has 0 radical (unpaired) electrons. The Balaban J connectivity index is 1.37. The summed E-state index contributed by atoms with van der Waals surface area (Å²) in [5.41, 5.74) is 3.83. The van der Waals surface area contributed by atoms with Crippen LogP contribution in [0.5, 0.6) is 23.0 Å². The van der Waals surface area contributed by atoms with Crippen molar-refractivity contribution in [3.05, 3.63) is 87.1 Å². The number of fused-ring (bicyclic) bond motifs is 2. The molecule has 0 saturated carbocycles. The van der Waals surface area contributed by atoms with Gasteiger partial charge in [0.1, 0.15) is 29.6 Å². The molecular weight excluding hydrogens is 444 g/mol. The van der Waals surface area contributed by atoms with Gasteiger partial charge in [0.25, 0.3) is 0 Å². The van der Waals surface area contributed by atoms with E-state index in [4.69, 9.17) is 35.3 Å². The molecule has 0 aromatic heterocycles.